The van der Waals surface area contributed by atoms with Crippen molar-refractivity contribution >= 4 is 17.2 Å². The lowest BCUT2D eigenvalue weighted by Crippen LogP contribution is -2.34. The van der Waals surface area contributed by atoms with Crippen LogP contribution in [0.1, 0.15) is 55.7 Å². The highest BCUT2D eigenvalue weighted by atomic mass is 32.1. The predicted octanol–water partition coefficient (Wildman–Crippen LogP) is 2.67. The Morgan fingerprint density at radius 2 is 2.17 bits per heavy atom. The molecule has 102 valence electrons. The maximum atomic E-state index is 12.3. The molecule has 0 radical (unpaired) electrons. The van der Waals surface area contributed by atoms with Gasteiger partial charge in [-0.1, -0.05) is 20.3 Å². The third kappa shape index (κ3) is 3.78. The molecule has 0 aliphatic rings. The number of aromatic nitrogens is 1. The van der Waals surface area contributed by atoms with Gasteiger partial charge in [-0.3, -0.25) is 4.79 Å². The number of rotatable bonds is 6. The SMILES string of the molecule is CCC(C)CN(CC)C(=O)c1csc(C(C)N)n1. The largest absolute Gasteiger partial charge is 0.337 e. The maximum absolute atomic E-state index is 12.3. The number of nitrogens with zero attached hydrogens (tertiary/aromatic N) is 2. The van der Waals surface area contributed by atoms with E-state index in [2.05, 4.69) is 18.8 Å². The molecule has 0 bridgehead atoms. The van der Waals surface area contributed by atoms with Gasteiger partial charge in [0, 0.05) is 18.5 Å². The highest BCUT2D eigenvalue weighted by Crippen LogP contribution is 2.17. The molecule has 0 spiro atoms. The van der Waals surface area contributed by atoms with Gasteiger partial charge in [0.1, 0.15) is 10.7 Å². The van der Waals surface area contributed by atoms with Crippen LogP contribution in [0.4, 0.5) is 0 Å². The van der Waals surface area contributed by atoms with E-state index in [-0.39, 0.29) is 11.9 Å². The van der Waals surface area contributed by atoms with Crippen LogP contribution in [0.2, 0.25) is 0 Å². The molecule has 1 amide bonds. The number of nitrogens with two attached hydrogens (primary N) is 1. The molecule has 0 saturated heterocycles. The van der Waals surface area contributed by atoms with Crippen molar-refractivity contribution in [1.82, 2.24) is 9.88 Å². The smallest absolute Gasteiger partial charge is 0.273 e. The van der Waals surface area contributed by atoms with Crippen LogP contribution in [0.3, 0.4) is 0 Å². The average molecular weight is 269 g/mol. The van der Waals surface area contributed by atoms with Gasteiger partial charge in [-0.15, -0.1) is 11.3 Å². The zero-order valence-electron chi connectivity index (χ0n) is 11.6. The topological polar surface area (TPSA) is 59.2 Å². The van der Waals surface area contributed by atoms with Gasteiger partial charge >= 0.3 is 0 Å². The van der Waals surface area contributed by atoms with Crippen LogP contribution < -0.4 is 5.73 Å². The zero-order chi connectivity index (χ0) is 13.7. The first-order valence-corrected chi connectivity index (χ1v) is 7.37. The van der Waals surface area contributed by atoms with E-state index in [0.717, 1.165) is 18.0 Å². The second kappa shape index (κ2) is 6.85. The minimum Gasteiger partial charge on any atom is -0.337 e. The molecule has 2 atom stereocenters. The predicted molar refractivity (Wildman–Crippen MR) is 75.7 cm³/mol. The van der Waals surface area contributed by atoms with Crippen molar-refractivity contribution in [2.75, 3.05) is 13.1 Å². The van der Waals surface area contributed by atoms with Crippen LogP contribution in [-0.2, 0) is 0 Å². The van der Waals surface area contributed by atoms with E-state index in [0.29, 0.717) is 18.2 Å². The quantitative estimate of drug-likeness (QED) is 0.863. The van der Waals surface area contributed by atoms with Crippen molar-refractivity contribution < 1.29 is 4.79 Å². The lowest BCUT2D eigenvalue weighted by Gasteiger charge is -2.23. The maximum Gasteiger partial charge on any atom is 0.273 e. The molecule has 1 rings (SSSR count). The Morgan fingerprint density at radius 3 is 2.61 bits per heavy atom. The van der Waals surface area contributed by atoms with Crippen molar-refractivity contribution in [3.05, 3.63) is 16.1 Å². The van der Waals surface area contributed by atoms with Gasteiger partial charge in [0.15, 0.2) is 0 Å². The first-order chi connectivity index (χ1) is 8.49. The Balaban J connectivity index is 2.76. The van der Waals surface area contributed by atoms with Crippen molar-refractivity contribution in [1.29, 1.82) is 0 Å². The normalized spacial score (nSPS) is 14.3. The first kappa shape index (κ1) is 15.1. The molecule has 5 heteroatoms. The number of carbonyl (C=O) groups excluding carboxylic acids is 1. The Hall–Kier alpha value is -0.940. The number of hydrogen-bond acceptors (Lipinski definition) is 4. The van der Waals surface area contributed by atoms with Gasteiger partial charge < -0.3 is 10.6 Å². The lowest BCUT2D eigenvalue weighted by atomic mass is 10.1. The molecule has 0 aromatic carbocycles. The van der Waals surface area contributed by atoms with Crippen LogP contribution >= 0.6 is 11.3 Å². The summed E-state index contributed by atoms with van der Waals surface area (Å²) >= 11 is 1.45. The van der Waals surface area contributed by atoms with Crippen molar-refractivity contribution in [3.8, 4) is 0 Å². The van der Waals surface area contributed by atoms with Crippen LogP contribution in [0, 0.1) is 5.92 Å². The summed E-state index contributed by atoms with van der Waals surface area (Å²) < 4.78 is 0. The van der Waals surface area contributed by atoms with E-state index >= 15 is 0 Å². The molecule has 18 heavy (non-hydrogen) atoms. The number of carbonyl (C=O) groups is 1. The summed E-state index contributed by atoms with van der Waals surface area (Å²) in [7, 11) is 0. The second-order valence-corrected chi connectivity index (χ2v) is 5.61. The van der Waals surface area contributed by atoms with Crippen molar-refractivity contribution in [3.63, 3.8) is 0 Å². The Bertz CT molecular complexity index is 389. The first-order valence-electron chi connectivity index (χ1n) is 6.49. The molecule has 2 N–H and O–H groups in total. The zero-order valence-corrected chi connectivity index (χ0v) is 12.5. The van der Waals surface area contributed by atoms with E-state index in [4.69, 9.17) is 5.73 Å². The van der Waals surface area contributed by atoms with Crippen LogP contribution in [0.5, 0.6) is 0 Å². The van der Waals surface area contributed by atoms with E-state index in [1.807, 2.05) is 18.7 Å². The molecule has 0 aliphatic heterocycles. The van der Waals surface area contributed by atoms with Crippen LogP contribution in [0.25, 0.3) is 0 Å². The summed E-state index contributed by atoms with van der Waals surface area (Å²) in [5.41, 5.74) is 6.29. The Labute approximate surface area is 113 Å². The standard InChI is InChI=1S/C13H23N3OS/c1-5-9(3)7-16(6-2)13(17)11-8-18-12(15-11)10(4)14/h8-10H,5-7,14H2,1-4H3. The third-order valence-corrected chi connectivity index (χ3v) is 4.07. The van der Waals surface area contributed by atoms with Gasteiger partial charge in [0.05, 0.1) is 6.04 Å². The molecular formula is C13H23N3OS. The molecule has 1 aromatic heterocycles. The average Bonchev–Trinajstić information content (AvgIpc) is 2.84. The molecule has 1 aromatic rings. The fourth-order valence-electron chi connectivity index (χ4n) is 1.62. The summed E-state index contributed by atoms with van der Waals surface area (Å²) in [6.07, 6.45) is 1.08. The molecule has 0 fully saturated rings. The number of hydrogen-bond donors (Lipinski definition) is 1. The van der Waals surface area contributed by atoms with E-state index in [1.54, 1.807) is 5.38 Å². The van der Waals surface area contributed by atoms with E-state index in [1.165, 1.54) is 11.3 Å². The van der Waals surface area contributed by atoms with Crippen LogP contribution in [0.15, 0.2) is 5.38 Å². The molecular weight excluding hydrogens is 246 g/mol. The van der Waals surface area contributed by atoms with E-state index < -0.39 is 0 Å². The summed E-state index contributed by atoms with van der Waals surface area (Å²) in [6, 6.07) is -0.110. The van der Waals surface area contributed by atoms with E-state index in [9.17, 15) is 4.79 Å². The third-order valence-electron chi connectivity index (χ3n) is 3.03. The van der Waals surface area contributed by atoms with Gasteiger partial charge in [-0.2, -0.15) is 0 Å². The molecule has 0 aliphatic carbocycles. The van der Waals surface area contributed by atoms with Gasteiger partial charge in [-0.25, -0.2) is 4.98 Å². The fourth-order valence-corrected chi connectivity index (χ4v) is 2.37. The van der Waals surface area contributed by atoms with Gasteiger partial charge in [0.2, 0.25) is 0 Å². The number of amides is 1. The summed E-state index contributed by atoms with van der Waals surface area (Å²) in [5, 5.41) is 2.62. The molecule has 2 unspecified atom stereocenters. The highest BCUT2D eigenvalue weighted by Gasteiger charge is 2.19. The van der Waals surface area contributed by atoms with Crippen molar-refractivity contribution in [2.45, 2.75) is 40.2 Å². The monoisotopic (exact) mass is 269 g/mol. The molecule has 0 saturated carbocycles. The lowest BCUT2D eigenvalue weighted by molar-refractivity contribution is 0.0735. The minimum absolute atomic E-state index is 0.0148. The van der Waals surface area contributed by atoms with Gasteiger partial charge in [-0.05, 0) is 19.8 Å². The number of thiazole rings is 1. The second-order valence-electron chi connectivity index (χ2n) is 4.72. The highest BCUT2D eigenvalue weighted by molar-refractivity contribution is 7.09. The Morgan fingerprint density at radius 1 is 1.50 bits per heavy atom. The Kier molecular flexibility index (Phi) is 5.75. The molecule has 1 heterocycles. The summed E-state index contributed by atoms with van der Waals surface area (Å²) in [6.45, 7) is 9.68. The fraction of sp³-hybridized carbons (Fsp3) is 0.692. The summed E-state index contributed by atoms with van der Waals surface area (Å²) in [4.78, 5) is 18.5. The minimum atomic E-state index is -0.110. The summed E-state index contributed by atoms with van der Waals surface area (Å²) in [5.74, 6) is 0.529. The molecule has 4 nitrogen and oxygen atoms in total. The van der Waals surface area contributed by atoms with Crippen molar-refractivity contribution in [2.24, 2.45) is 11.7 Å². The van der Waals surface area contributed by atoms with Gasteiger partial charge in [0.25, 0.3) is 5.91 Å². The van der Waals surface area contributed by atoms with Crippen LogP contribution in [-0.4, -0.2) is 28.9 Å².